The van der Waals surface area contributed by atoms with E-state index in [-0.39, 0.29) is 5.82 Å². The number of hydrogen-bond donors (Lipinski definition) is 1. The monoisotopic (exact) mass is 243 g/mol. The molecule has 1 aromatic carbocycles. The van der Waals surface area contributed by atoms with Crippen LogP contribution in [0, 0.1) is 19.7 Å². The highest BCUT2D eigenvalue weighted by Gasteiger charge is 2.17. The minimum Gasteiger partial charge on any atom is -0.307 e. The lowest BCUT2D eigenvalue weighted by molar-refractivity contribution is 0.627. The van der Waals surface area contributed by atoms with Crippen LogP contribution in [-0.4, -0.2) is 9.97 Å². The molecule has 0 bridgehead atoms. The highest BCUT2D eigenvalue weighted by atomic mass is 19.1. The van der Waals surface area contributed by atoms with Crippen LogP contribution in [0.15, 0.2) is 18.2 Å². The zero-order valence-corrected chi connectivity index (χ0v) is 10.4. The Kier molecular flexibility index (Phi) is 2.59. The number of rotatable bonds is 1. The molecule has 4 heteroatoms. The summed E-state index contributed by atoms with van der Waals surface area (Å²) in [5.41, 5.74) is 4.94. The van der Waals surface area contributed by atoms with E-state index in [0.717, 1.165) is 35.6 Å². The number of benzene rings is 1. The zero-order chi connectivity index (χ0) is 12.7. The molecule has 0 fully saturated rings. The minimum absolute atomic E-state index is 0.254. The SMILES string of the molecule is Cc1ccc(F)cc1-c1nc(C)c2c(n1)CNC2. The van der Waals surface area contributed by atoms with Gasteiger partial charge in [-0.05, 0) is 31.5 Å². The molecule has 3 rings (SSSR count). The van der Waals surface area contributed by atoms with Gasteiger partial charge in [-0.2, -0.15) is 0 Å². The lowest BCUT2D eigenvalue weighted by atomic mass is 10.1. The summed E-state index contributed by atoms with van der Waals surface area (Å²) in [5.74, 6) is 0.363. The van der Waals surface area contributed by atoms with Gasteiger partial charge in [0, 0.05) is 29.9 Å². The third-order valence-corrected chi connectivity index (χ3v) is 3.33. The number of aryl methyl sites for hydroxylation is 2. The van der Waals surface area contributed by atoms with Crippen molar-refractivity contribution >= 4 is 0 Å². The molecule has 18 heavy (non-hydrogen) atoms. The van der Waals surface area contributed by atoms with Gasteiger partial charge in [-0.3, -0.25) is 0 Å². The first-order valence-corrected chi connectivity index (χ1v) is 5.99. The number of hydrogen-bond acceptors (Lipinski definition) is 3. The second-order valence-electron chi connectivity index (χ2n) is 4.62. The maximum absolute atomic E-state index is 13.3. The Hall–Kier alpha value is -1.81. The Labute approximate surface area is 105 Å². The molecule has 0 unspecified atom stereocenters. The summed E-state index contributed by atoms with van der Waals surface area (Å²) in [4.78, 5) is 9.05. The van der Waals surface area contributed by atoms with Crippen molar-refractivity contribution in [3.8, 4) is 11.4 Å². The highest BCUT2D eigenvalue weighted by Crippen LogP contribution is 2.24. The Bertz CT molecular complexity index is 623. The zero-order valence-electron chi connectivity index (χ0n) is 10.4. The maximum atomic E-state index is 13.3. The van der Waals surface area contributed by atoms with Crippen molar-refractivity contribution in [3.63, 3.8) is 0 Å². The molecular weight excluding hydrogens is 229 g/mol. The van der Waals surface area contributed by atoms with Crippen LogP contribution in [-0.2, 0) is 13.1 Å². The molecule has 1 aliphatic heterocycles. The van der Waals surface area contributed by atoms with Gasteiger partial charge in [-0.25, -0.2) is 14.4 Å². The van der Waals surface area contributed by atoms with Gasteiger partial charge >= 0.3 is 0 Å². The molecule has 0 aliphatic carbocycles. The van der Waals surface area contributed by atoms with Crippen molar-refractivity contribution in [1.29, 1.82) is 0 Å². The standard InChI is InChI=1S/C14H14FN3/c1-8-3-4-10(15)5-11(8)14-17-9(2)12-6-16-7-13(12)18-14/h3-5,16H,6-7H2,1-2H3. The van der Waals surface area contributed by atoms with Crippen LogP contribution in [0.25, 0.3) is 11.4 Å². The van der Waals surface area contributed by atoms with Crippen LogP contribution in [0.4, 0.5) is 4.39 Å². The lowest BCUT2D eigenvalue weighted by Crippen LogP contribution is -2.01. The number of halogens is 1. The van der Waals surface area contributed by atoms with E-state index in [1.807, 2.05) is 13.8 Å². The van der Waals surface area contributed by atoms with E-state index in [1.54, 1.807) is 6.07 Å². The molecule has 0 amide bonds. The van der Waals surface area contributed by atoms with Crippen LogP contribution in [0.5, 0.6) is 0 Å². The molecule has 2 aromatic rings. The van der Waals surface area contributed by atoms with Crippen molar-refractivity contribution in [3.05, 3.63) is 46.5 Å². The molecule has 0 radical (unpaired) electrons. The molecule has 0 saturated heterocycles. The van der Waals surface area contributed by atoms with Crippen LogP contribution >= 0.6 is 0 Å². The van der Waals surface area contributed by atoms with Gasteiger partial charge in [0.15, 0.2) is 5.82 Å². The van der Waals surface area contributed by atoms with E-state index in [9.17, 15) is 4.39 Å². The normalized spacial score (nSPS) is 13.7. The fraction of sp³-hybridized carbons (Fsp3) is 0.286. The van der Waals surface area contributed by atoms with Crippen LogP contribution < -0.4 is 5.32 Å². The first kappa shape index (κ1) is 11.3. The molecule has 0 saturated carbocycles. The molecule has 1 N–H and O–H groups in total. The van der Waals surface area contributed by atoms with Gasteiger partial charge < -0.3 is 5.32 Å². The third-order valence-electron chi connectivity index (χ3n) is 3.33. The van der Waals surface area contributed by atoms with Gasteiger partial charge in [0.05, 0.1) is 5.69 Å². The number of fused-ring (bicyclic) bond motifs is 1. The summed E-state index contributed by atoms with van der Waals surface area (Å²) in [6, 6.07) is 4.72. The van der Waals surface area contributed by atoms with E-state index >= 15 is 0 Å². The molecule has 1 aliphatic rings. The molecule has 92 valence electrons. The topological polar surface area (TPSA) is 37.8 Å². The summed E-state index contributed by atoms with van der Waals surface area (Å²) in [7, 11) is 0. The highest BCUT2D eigenvalue weighted by molar-refractivity contribution is 5.60. The largest absolute Gasteiger partial charge is 0.307 e. The average Bonchev–Trinajstić information content (AvgIpc) is 2.81. The van der Waals surface area contributed by atoms with E-state index in [1.165, 1.54) is 17.7 Å². The number of nitrogens with one attached hydrogen (secondary N) is 1. The molecule has 0 atom stereocenters. The summed E-state index contributed by atoms with van der Waals surface area (Å²) in [6.45, 7) is 5.51. The second-order valence-corrected chi connectivity index (χ2v) is 4.62. The first-order chi connectivity index (χ1) is 8.65. The fourth-order valence-electron chi connectivity index (χ4n) is 2.29. The van der Waals surface area contributed by atoms with Gasteiger partial charge in [0.25, 0.3) is 0 Å². The Balaban J connectivity index is 2.18. The summed E-state index contributed by atoms with van der Waals surface area (Å²) in [5, 5.41) is 3.26. The minimum atomic E-state index is -0.254. The van der Waals surface area contributed by atoms with Crippen LogP contribution in [0.1, 0.15) is 22.5 Å². The predicted molar refractivity (Wildman–Crippen MR) is 67.4 cm³/mol. The van der Waals surface area contributed by atoms with Crippen molar-refractivity contribution in [2.45, 2.75) is 26.9 Å². The molecule has 0 spiro atoms. The fourth-order valence-corrected chi connectivity index (χ4v) is 2.29. The molecule has 3 nitrogen and oxygen atoms in total. The lowest BCUT2D eigenvalue weighted by Gasteiger charge is -2.08. The average molecular weight is 243 g/mol. The van der Waals surface area contributed by atoms with Gasteiger partial charge in [0.1, 0.15) is 5.82 Å². The Morgan fingerprint density at radius 1 is 1.17 bits per heavy atom. The molecular formula is C14H14FN3. The molecule has 1 aromatic heterocycles. The number of nitrogens with zero attached hydrogens (tertiary/aromatic N) is 2. The van der Waals surface area contributed by atoms with E-state index in [2.05, 4.69) is 15.3 Å². The van der Waals surface area contributed by atoms with Crippen molar-refractivity contribution in [2.75, 3.05) is 0 Å². The summed E-state index contributed by atoms with van der Waals surface area (Å²) in [6.07, 6.45) is 0. The third kappa shape index (κ3) is 1.78. The van der Waals surface area contributed by atoms with Crippen molar-refractivity contribution in [1.82, 2.24) is 15.3 Å². The van der Waals surface area contributed by atoms with E-state index < -0.39 is 0 Å². The van der Waals surface area contributed by atoms with Crippen LogP contribution in [0.3, 0.4) is 0 Å². The maximum Gasteiger partial charge on any atom is 0.160 e. The van der Waals surface area contributed by atoms with Gasteiger partial charge in [-0.15, -0.1) is 0 Å². The smallest absolute Gasteiger partial charge is 0.160 e. The number of aromatic nitrogens is 2. The van der Waals surface area contributed by atoms with Gasteiger partial charge in [0.2, 0.25) is 0 Å². The van der Waals surface area contributed by atoms with Crippen molar-refractivity contribution < 1.29 is 4.39 Å². The van der Waals surface area contributed by atoms with Gasteiger partial charge in [-0.1, -0.05) is 6.07 Å². The Morgan fingerprint density at radius 2 is 2.00 bits per heavy atom. The van der Waals surface area contributed by atoms with E-state index in [4.69, 9.17) is 0 Å². The first-order valence-electron chi connectivity index (χ1n) is 5.99. The second kappa shape index (κ2) is 4.14. The van der Waals surface area contributed by atoms with Crippen LogP contribution in [0.2, 0.25) is 0 Å². The quantitative estimate of drug-likeness (QED) is 0.836. The van der Waals surface area contributed by atoms with E-state index in [0.29, 0.717) is 5.82 Å². The summed E-state index contributed by atoms with van der Waals surface area (Å²) >= 11 is 0. The molecule has 2 heterocycles. The Morgan fingerprint density at radius 3 is 2.83 bits per heavy atom. The van der Waals surface area contributed by atoms with Crippen molar-refractivity contribution in [2.24, 2.45) is 0 Å². The predicted octanol–water partition coefficient (Wildman–Crippen LogP) is 2.50. The summed E-state index contributed by atoms with van der Waals surface area (Å²) < 4.78 is 13.3.